The molecule has 0 bridgehead atoms. The number of imidazole rings is 1. The summed E-state index contributed by atoms with van der Waals surface area (Å²) < 4.78 is 13.3. The second-order valence-corrected chi connectivity index (χ2v) is 4.75. The van der Waals surface area contributed by atoms with E-state index in [-0.39, 0.29) is 0 Å². The molecule has 0 radical (unpaired) electrons. The van der Waals surface area contributed by atoms with Crippen molar-refractivity contribution in [2.24, 2.45) is 0 Å². The minimum absolute atomic E-state index is 0.383. The van der Waals surface area contributed by atoms with Gasteiger partial charge in [-0.2, -0.15) is 0 Å². The minimum atomic E-state index is 0.383. The van der Waals surface area contributed by atoms with Gasteiger partial charge in [-0.1, -0.05) is 13.0 Å². The largest absolute Gasteiger partial charge is 0.491 e. The first-order valence-corrected chi connectivity index (χ1v) is 7.59. The fraction of sp³-hybridized carbons (Fsp3) is 0.533. The third-order valence-electron chi connectivity index (χ3n) is 3.07. The lowest BCUT2D eigenvalue weighted by Crippen LogP contribution is -2.08. The first-order valence-electron chi connectivity index (χ1n) is 7.06. The van der Waals surface area contributed by atoms with Crippen molar-refractivity contribution in [2.45, 2.75) is 32.7 Å². The summed E-state index contributed by atoms with van der Waals surface area (Å²) in [6.45, 7) is 6.90. The van der Waals surface area contributed by atoms with Crippen LogP contribution < -0.4 is 4.74 Å². The molecule has 0 saturated heterocycles. The summed E-state index contributed by atoms with van der Waals surface area (Å²) in [6, 6.07) is 5.99. The third-order valence-corrected chi connectivity index (χ3v) is 3.30. The van der Waals surface area contributed by atoms with Gasteiger partial charge in [0.05, 0.1) is 24.6 Å². The molecule has 0 aliphatic carbocycles. The zero-order valence-corrected chi connectivity index (χ0v) is 12.8. The minimum Gasteiger partial charge on any atom is -0.491 e. The number of ether oxygens (including phenoxy) is 2. The Kier molecular flexibility index (Phi) is 5.68. The number of aromatic nitrogens is 2. The van der Waals surface area contributed by atoms with E-state index in [0.29, 0.717) is 25.7 Å². The van der Waals surface area contributed by atoms with E-state index in [4.69, 9.17) is 21.1 Å². The van der Waals surface area contributed by atoms with Gasteiger partial charge < -0.3 is 14.0 Å². The van der Waals surface area contributed by atoms with Crippen LogP contribution in [0.4, 0.5) is 0 Å². The fourth-order valence-electron chi connectivity index (χ4n) is 2.15. The maximum atomic E-state index is 6.01. The highest BCUT2D eigenvalue weighted by Crippen LogP contribution is 2.26. The Morgan fingerprint density at radius 1 is 1.25 bits per heavy atom. The maximum absolute atomic E-state index is 6.01. The Bertz CT molecular complexity index is 554. The number of nitrogens with zero attached hydrogens (tertiary/aromatic N) is 2. The highest BCUT2D eigenvalue weighted by Gasteiger charge is 2.13. The lowest BCUT2D eigenvalue weighted by molar-refractivity contribution is 0.139. The molecule has 0 N–H and O–H groups in total. The van der Waals surface area contributed by atoms with E-state index < -0.39 is 0 Å². The van der Waals surface area contributed by atoms with Gasteiger partial charge in [0.15, 0.2) is 0 Å². The summed E-state index contributed by atoms with van der Waals surface area (Å²) in [7, 11) is 0. The highest BCUT2D eigenvalue weighted by molar-refractivity contribution is 6.16. The second-order valence-electron chi connectivity index (χ2n) is 4.48. The monoisotopic (exact) mass is 296 g/mol. The number of halogens is 1. The molecule has 0 saturated carbocycles. The van der Waals surface area contributed by atoms with Gasteiger partial charge in [0.2, 0.25) is 0 Å². The van der Waals surface area contributed by atoms with Gasteiger partial charge in [-0.15, -0.1) is 11.6 Å². The number of fused-ring (bicyclic) bond motifs is 1. The molecule has 1 aromatic heterocycles. The van der Waals surface area contributed by atoms with E-state index in [9.17, 15) is 0 Å². The maximum Gasteiger partial charge on any atom is 0.147 e. The Balaban J connectivity index is 2.35. The SMILES string of the molecule is CCCOc1cccc2c1nc(CCl)n2CCOCC. The van der Waals surface area contributed by atoms with Crippen molar-refractivity contribution in [3.8, 4) is 5.75 Å². The van der Waals surface area contributed by atoms with Crippen LogP contribution in [-0.2, 0) is 17.2 Å². The molecule has 0 aliphatic rings. The number of hydrogen-bond acceptors (Lipinski definition) is 3. The van der Waals surface area contributed by atoms with Crippen LogP contribution in [0, 0.1) is 0 Å². The summed E-state index contributed by atoms with van der Waals surface area (Å²) in [6.07, 6.45) is 0.976. The van der Waals surface area contributed by atoms with Gasteiger partial charge in [0.1, 0.15) is 17.1 Å². The molecule has 110 valence electrons. The van der Waals surface area contributed by atoms with E-state index in [1.54, 1.807) is 0 Å². The van der Waals surface area contributed by atoms with Crippen molar-refractivity contribution in [2.75, 3.05) is 19.8 Å². The van der Waals surface area contributed by atoms with Gasteiger partial charge in [-0.05, 0) is 25.5 Å². The lowest BCUT2D eigenvalue weighted by atomic mass is 10.3. The molecule has 0 unspecified atom stereocenters. The molecule has 0 spiro atoms. The zero-order chi connectivity index (χ0) is 14.4. The van der Waals surface area contributed by atoms with Gasteiger partial charge in [-0.3, -0.25) is 0 Å². The summed E-state index contributed by atoms with van der Waals surface area (Å²) in [5, 5.41) is 0. The third kappa shape index (κ3) is 3.25. The highest BCUT2D eigenvalue weighted by atomic mass is 35.5. The number of benzene rings is 1. The molecule has 2 rings (SSSR count). The number of rotatable bonds is 8. The molecular weight excluding hydrogens is 276 g/mol. The van der Waals surface area contributed by atoms with Crippen molar-refractivity contribution in [3.63, 3.8) is 0 Å². The molecule has 5 heteroatoms. The van der Waals surface area contributed by atoms with Gasteiger partial charge in [-0.25, -0.2) is 4.98 Å². The predicted octanol–water partition coefficient (Wildman–Crippen LogP) is 3.60. The molecule has 2 aromatic rings. The van der Waals surface area contributed by atoms with Crippen molar-refractivity contribution < 1.29 is 9.47 Å². The topological polar surface area (TPSA) is 36.3 Å². The van der Waals surface area contributed by atoms with Crippen molar-refractivity contribution >= 4 is 22.6 Å². The van der Waals surface area contributed by atoms with Crippen LogP contribution in [0.15, 0.2) is 18.2 Å². The van der Waals surface area contributed by atoms with Crippen LogP contribution in [0.2, 0.25) is 0 Å². The molecule has 1 aromatic carbocycles. The number of hydrogen-bond donors (Lipinski definition) is 0. The molecule has 20 heavy (non-hydrogen) atoms. The first kappa shape index (κ1) is 15.1. The fourth-order valence-corrected chi connectivity index (χ4v) is 2.35. The van der Waals surface area contributed by atoms with E-state index in [2.05, 4.69) is 16.5 Å². The Morgan fingerprint density at radius 2 is 2.10 bits per heavy atom. The smallest absolute Gasteiger partial charge is 0.147 e. The van der Waals surface area contributed by atoms with E-state index in [1.165, 1.54) is 0 Å². The zero-order valence-electron chi connectivity index (χ0n) is 12.1. The van der Waals surface area contributed by atoms with Crippen LogP contribution in [0.1, 0.15) is 26.1 Å². The van der Waals surface area contributed by atoms with Gasteiger partial charge in [0, 0.05) is 13.2 Å². The predicted molar refractivity (Wildman–Crippen MR) is 81.6 cm³/mol. The average molecular weight is 297 g/mol. The molecule has 4 nitrogen and oxygen atoms in total. The molecule has 0 fully saturated rings. The summed E-state index contributed by atoms with van der Waals surface area (Å²) in [4.78, 5) is 4.61. The van der Waals surface area contributed by atoms with Crippen molar-refractivity contribution in [1.29, 1.82) is 0 Å². The van der Waals surface area contributed by atoms with E-state index in [0.717, 1.165) is 35.6 Å². The first-order chi connectivity index (χ1) is 9.81. The van der Waals surface area contributed by atoms with Crippen LogP contribution in [0.25, 0.3) is 11.0 Å². The Labute approximate surface area is 124 Å². The van der Waals surface area contributed by atoms with Gasteiger partial charge in [0.25, 0.3) is 0 Å². The lowest BCUT2D eigenvalue weighted by Gasteiger charge is -2.08. The summed E-state index contributed by atoms with van der Waals surface area (Å²) >= 11 is 6.01. The summed E-state index contributed by atoms with van der Waals surface area (Å²) in [5.74, 6) is 2.06. The Hall–Kier alpha value is -1.26. The molecule has 0 amide bonds. The molecular formula is C15H21ClN2O2. The van der Waals surface area contributed by atoms with Gasteiger partial charge >= 0.3 is 0 Å². The normalized spacial score (nSPS) is 11.2. The average Bonchev–Trinajstić information content (AvgIpc) is 2.84. The summed E-state index contributed by atoms with van der Waals surface area (Å²) in [5.41, 5.74) is 1.93. The Morgan fingerprint density at radius 3 is 2.80 bits per heavy atom. The quantitative estimate of drug-likeness (QED) is 0.551. The number of para-hydroxylation sites is 1. The van der Waals surface area contributed by atoms with Crippen LogP contribution in [0.5, 0.6) is 5.75 Å². The van der Waals surface area contributed by atoms with Crippen molar-refractivity contribution in [1.82, 2.24) is 9.55 Å². The van der Waals surface area contributed by atoms with E-state index >= 15 is 0 Å². The standard InChI is InChI=1S/C15H21ClN2O2/c1-3-9-20-13-7-5-6-12-15(13)17-14(11-16)18(12)8-10-19-4-2/h5-7H,3-4,8-11H2,1-2H3. The van der Waals surface area contributed by atoms with Crippen molar-refractivity contribution in [3.05, 3.63) is 24.0 Å². The molecule has 0 aliphatic heterocycles. The van der Waals surface area contributed by atoms with Crippen LogP contribution in [-0.4, -0.2) is 29.4 Å². The van der Waals surface area contributed by atoms with Crippen LogP contribution in [0.3, 0.4) is 0 Å². The van der Waals surface area contributed by atoms with Crippen LogP contribution >= 0.6 is 11.6 Å². The molecule has 1 heterocycles. The molecule has 0 atom stereocenters. The number of alkyl halides is 1. The second kappa shape index (κ2) is 7.50. The van der Waals surface area contributed by atoms with E-state index in [1.807, 2.05) is 25.1 Å².